The molecule has 5 heteroatoms. The van der Waals surface area contributed by atoms with Crippen molar-refractivity contribution in [3.8, 4) is 0 Å². The average Bonchev–Trinajstić information content (AvgIpc) is 2.58. The molecule has 0 aromatic heterocycles. The van der Waals surface area contributed by atoms with E-state index in [1.807, 2.05) is 0 Å². The van der Waals surface area contributed by atoms with Crippen molar-refractivity contribution in [1.82, 2.24) is 0 Å². The average molecular weight is 461 g/mol. The van der Waals surface area contributed by atoms with Crippen molar-refractivity contribution >= 4 is 35.8 Å². The Morgan fingerprint density at radius 1 is 0.600 bits per heavy atom. The molecular formula is C20H38O4Sn. The number of unbranched alkanes of at least 4 members (excludes halogenated alkanes) is 4. The second-order valence-electron chi connectivity index (χ2n) is 6.14. The molecule has 0 aromatic rings. The van der Waals surface area contributed by atoms with Gasteiger partial charge >= 0.3 is 35.8 Å². The van der Waals surface area contributed by atoms with Crippen LogP contribution >= 0.6 is 0 Å². The van der Waals surface area contributed by atoms with Gasteiger partial charge in [0.15, 0.2) is 0 Å². The topological polar surface area (TPSA) is 52.6 Å². The predicted molar refractivity (Wildman–Crippen MR) is 106 cm³/mol. The van der Waals surface area contributed by atoms with Crippen LogP contribution in [-0.2, 0) is 19.1 Å². The van der Waals surface area contributed by atoms with E-state index in [1.54, 1.807) is 0 Å². The van der Waals surface area contributed by atoms with E-state index >= 15 is 0 Å². The molecule has 4 nitrogen and oxygen atoms in total. The molecule has 0 amide bonds. The molecular weight excluding hydrogens is 423 g/mol. The molecule has 146 valence electrons. The molecule has 0 heterocycles. The molecule has 0 atom stereocenters. The van der Waals surface area contributed by atoms with E-state index in [0.29, 0.717) is 37.2 Å². The van der Waals surface area contributed by atoms with Gasteiger partial charge in [-0.1, -0.05) is 53.4 Å². The van der Waals surface area contributed by atoms with Crippen molar-refractivity contribution < 1.29 is 19.1 Å². The Labute approximate surface area is 171 Å². The molecule has 0 spiro atoms. The standard InChI is InChI=1S/C20H36O4.Sn.2H/c1-5-9-13-17(19(21)23-15-11-7-3)18(14-10-6-2)20(22)24-16-12-8-4;;;/h5-16H2,1-4H3;;;/b18-17-;;;. The number of carbonyl (C=O) groups is 2. The first-order valence-electron chi connectivity index (χ1n) is 9.68. The number of carbonyl (C=O) groups excluding carboxylic acids is 2. The summed E-state index contributed by atoms with van der Waals surface area (Å²) in [5, 5.41) is 0. The summed E-state index contributed by atoms with van der Waals surface area (Å²) < 4.78 is 10.7. The fourth-order valence-electron chi connectivity index (χ4n) is 2.25. The molecule has 0 aliphatic heterocycles. The van der Waals surface area contributed by atoms with Crippen molar-refractivity contribution in [2.45, 2.75) is 91.9 Å². The van der Waals surface area contributed by atoms with Gasteiger partial charge in [0.1, 0.15) is 0 Å². The molecule has 0 saturated carbocycles. The molecule has 0 rings (SSSR count). The number of esters is 2. The van der Waals surface area contributed by atoms with Crippen LogP contribution < -0.4 is 0 Å². The van der Waals surface area contributed by atoms with Crippen molar-refractivity contribution in [3.05, 3.63) is 11.1 Å². The van der Waals surface area contributed by atoms with Crippen molar-refractivity contribution in [2.24, 2.45) is 0 Å². The predicted octanol–water partition coefficient (Wildman–Crippen LogP) is 4.43. The molecule has 0 unspecified atom stereocenters. The quantitative estimate of drug-likeness (QED) is 0.166. The van der Waals surface area contributed by atoms with Crippen molar-refractivity contribution in [1.29, 1.82) is 0 Å². The minimum atomic E-state index is -0.338. The molecule has 0 aliphatic carbocycles. The van der Waals surface area contributed by atoms with Gasteiger partial charge in [0, 0.05) is 11.1 Å². The van der Waals surface area contributed by atoms with Gasteiger partial charge in [0.05, 0.1) is 13.2 Å². The van der Waals surface area contributed by atoms with Crippen LogP contribution in [-0.4, -0.2) is 49.1 Å². The number of hydrogen-bond donors (Lipinski definition) is 0. The molecule has 0 bridgehead atoms. The van der Waals surface area contributed by atoms with Gasteiger partial charge in [-0.15, -0.1) is 0 Å². The Morgan fingerprint density at radius 3 is 1.20 bits per heavy atom. The zero-order valence-corrected chi connectivity index (χ0v) is 20.9. The number of hydrogen-bond acceptors (Lipinski definition) is 4. The SMILES string of the molecule is CCCCOC(=O)/C(CCCC)=C(/CCCC)C(=O)OCCCC.[SnH2]. The van der Waals surface area contributed by atoms with Gasteiger partial charge in [-0.25, -0.2) is 9.59 Å². The fourth-order valence-corrected chi connectivity index (χ4v) is 2.25. The molecule has 0 saturated heterocycles. The van der Waals surface area contributed by atoms with Crippen LogP contribution in [0.25, 0.3) is 0 Å². The minimum absolute atomic E-state index is 0. The van der Waals surface area contributed by atoms with Gasteiger partial charge in [-0.3, -0.25) is 0 Å². The van der Waals surface area contributed by atoms with E-state index in [0.717, 1.165) is 51.4 Å². The van der Waals surface area contributed by atoms with E-state index in [2.05, 4.69) is 27.7 Å². The van der Waals surface area contributed by atoms with Gasteiger partial charge in [-0.05, 0) is 38.5 Å². The zero-order chi connectivity index (χ0) is 18.2. The van der Waals surface area contributed by atoms with Gasteiger partial charge in [-0.2, -0.15) is 0 Å². The van der Waals surface area contributed by atoms with Crippen LogP contribution in [0.1, 0.15) is 91.9 Å². The van der Waals surface area contributed by atoms with Crippen molar-refractivity contribution in [2.75, 3.05) is 13.2 Å². The maximum atomic E-state index is 12.5. The van der Waals surface area contributed by atoms with E-state index in [4.69, 9.17) is 9.47 Å². The van der Waals surface area contributed by atoms with Gasteiger partial charge in [0.2, 0.25) is 0 Å². The van der Waals surface area contributed by atoms with E-state index in [-0.39, 0.29) is 35.8 Å². The molecule has 0 fully saturated rings. The summed E-state index contributed by atoms with van der Waals surface area (Å²) in [6.07, 6.45) is 8.50. The summed E-state index contributed by atoms with van der Waals surface area (Å²) in [5.74, 6) is -0.675. The molecule has 2 radical (unpaired) electrons. The molecule has 0 N–H and O–H groups in total. The number of ether oxygens (including phenoxy) is 2. The summed E-state index contributed by atoms with van der Waals surface area (Å²) in [7, 11) is 0. The van der Waals surface area contributed by atoms with Crippen LogP contribution in [0.4, 0.5) is 0 Å². The van der Waals surface area contributed by atoms with E-state index in [9.17, 15) is 9.59 Å². The summed E-state index contributed by atoms with van der Waals surface area (Å²) in [6.45, 7) is 9.09. The second kappa shape index (κ2) is 18.3. The first-order chi connectivity index (χ1) is 11.6. The Kier molecular flexibility index (Phi) is 19.5. The van der Waals surface area contributed by atoms with E-state index in [1.165, 1.54) is 0 Å². The maximum absolute atomic E-state index is 12.5. The van der Waals surface area contributed by atoms with Gasteiger partial charge in [0.25, 0.3) is 0 Å². The van der Waals surface area contributed by atoms with Crippen LogP contribution in [0.2, 0.25) is 0 Å². The van der Waals surface area contributed by atoms with Crippen LogP contribution in [0.15, 0.2) is 11.1 Å². The van der Waals surface area contributed by atoms with E-state index < -0.39 is 0 Å². The third kappa shape index (κ3) is 12.5. The third-order valence-electron chi connectivity index (χ3n) is 3.88. The summed E-state index contributed by atoms with van der Waals surface area (Å²) in [4.78, 5) is 25.0. The van der Waals surface area contributed by atoms with Crippen LogP contribution in [0.5, 0.6) is 0 Å². The third-order valence-corrected chi connectivity index (χ3v) is 3.88. The molecule has 0 aliphatic rings. The number of rotatable bonds is 14. The summed E-state index contributed by atoms with van der Waals surface area (Å²) in [6, 6.07) is 0. The first-order valence-corrected chi connectivity index (χ1v) is 9.68. The van der Waals surface area contributed by atoms with Gasteiger partial charge < -0.3 is 9.47 Å². The Hall–Kier alpha value is -0.521. The molecule has 0 aromatic carbocycles. The Balaban J connectivity index is 0. The Bertz CT molecular complexity index is 355. The van der Waals surface area contributed by atoms with Crippen molar-refractivity contribution in [3.63, 3.8) is 0 Å². The zero-order valence-electron chi connectivity index (χ0n) is 16.8. The monoisotopic (exact) mass is 462 g/mol. The molecule has 25 heavy (non-hydrogen) atoms. The van der Waals surface area contributed by atoms with Crippen LogP contribution in [0, 0.1) is 0 Å². The fraction of sp³-hybridized carbons (Fsp3) is 0.800. The Morgan fingerprint density at radius 2 is 0.920 bits per heavy atom. The summed E-state index contributed by atoms with van der Waals surface area (Å²) in [5.41, 5.74) is 1.06. The summed E-state index contributed by atoms with van der Waals surface area (Å²) >= 11 is 0. The second-order valence-corrected chi connectivity index (χ2v) is 6.14. The van der Waals surface area contributed by atoms with Crippen LogP contribution in [0.3, 0.4) is 0 Å². The normalized spacial score (nSPS) is 11.4. The first kappa shape index (κ1) is 26.7.